The topological polar surface area (TPSA) is 113 Å². The van der Waals surface area contributed by atoms with Gasteiger partial charge in [0, 0.05) is 33.2 Å². The number of hydrogen-bond donors (Lipinski definition) is 2. The number of hydrogen-bond acceptors (Lipinski definition) is 9. The molecular formula is C29H49N5O5. The number of nitrogens with one attached hydrogen (secondary N) is 2. The molecule has 2 heterocycles. The number of hydroxylamine groups is 1. The molecule has 1 aromatic rings. The number of likely N-dealkylation sites (tertiary alicyclic amines) is 1. The standard InChI is InChI=1S/C12H19NO.C8H11N3O2.C7H15NO.C2H4O/c1-13-9-5-6-11(13)10-14-12-7-3-2-4-8-12;1-9-7-3-6(5-12)8(11-4-7)13-10-2;1-4-8(6-9)5-7(2)3;1-2-3/h3,7-8,11H,2,4-6,9-10H2,1H3;3-5,9-10H,1-2H3;6-7H,4-5H2,1-3H3;2H,1H3. The first-order valence-electron chi connectivity index (χ1n) is 13.5. The first kappa shape index (κ1) is 35.8. The van der Waals surface area contributed by atoms with Crippen LogP contribution in [0.15, 0.2) is 36.3 Å². The number of likely N-dealkylation sites (N-methyl/N-ethyl adjacent to an activating group) is 1. The van der Waals surface area contributed by atoms with Crippen LogP contribution in [0.2, 0.25) is 0 Å². The second-order valence-corrected chi connectivity index (χ2v) is 9.29. The molecule has 0 radical (unpaired) electrons. The summed E-state index contributed by atoms with van der Waals surface area (Å²) in [6.45, 7) is 11.4. The number of carbonyl (C=O) groups excluding carboxylic acids is 3. The van der Waals surface area contributed by atoms with Crippen LogP contribution in [0.4, 0.5) is 5.69 Å². The summed E-state index contributed by atoms with van der Waals surface area (Å²) in [5.41, 5.74) is 3.63. The molecule has 39 heavy (non-hydrogen) atoms. The Morgan fingerprint density at radius 1 is 1.23 bits per heavy atom. The molecule has 10 heteroatoms. The van der Waals surface area contributed by atoms with Crippen LogP contribution >= 0.6 is 0 Å². The van der Waals surface area contributed by atoms with Crippen LogP contribution in [0.25, 0.3) is 0 Å². The van der Waals surface area contributed by atoms with Gasteiger partial charge in [0.25, 0.3) is 0 Å². The zero-order valence-electron chi connectivity index (χ0n) is 24.8. The van der Waals surface area contributed by atoms with Gasteiger partial charge in [0.15, 0.2) is 6.29 Å². The monoisotopic (exact) mass is 547 g/mol. The lowest BCUT2D eigenvalue weighted by atomic mass is 10.2. The molecule has 220 valence electrons. The Hall–Kier alpha value is -3.24. The third kappa shape index (κ3) is 16.4. The molecule has 0 spiro atoms. The molecule has 1 aliphatic heterocycles. The van der Waals surface area contributed by atoms with Crippen molar-refractivity contribution >= 4 is 24.7 Å². The van der Waals surface area contributed by atoms with E-state index in [0.717, 1.165) is 56.7 Å². The highest BCUT2D eigenvalue weighted by molar-refractivity contribution is 5.80. The maximum Gasteiger partial charge on any atom is 0.248 e. The summed E-state index contributed by atoms with van der Waals surface area (Å²) in [6, 6.07) is 2.29. The molecule has 1 aromatic heterocycles. The molecule has 1 unspecified atom stereocenters. The molecule has 0 bridgehead atoms. The number of pyridine rings is 1. The molecular weight excluding hydrogens is 498 g/mol. The molecule has 3 rings (SSSR count). The van der Waals surface area contributed by atoms with E-state index in [0.29, 0.717) is 23.8 Å². The Morgan fingerprint density at radius 3 is 2.38 bits per heavy atom. The number of aldehydes is 2. The van der Waals surface area contributed by atoms with E-state index >= 15 is 0 Å². The van der Waals surface area contributed by atoms with E-state index in [1.165, 1.54) is 26.3 Å². The highest BCUT2D eigenvalue weighted by atomic mass is 16.6. The van der Waals surface area contributed by atoms with Crippen molar-refractivity contribution in [1.29, 1.82) is 0 Å². The average Bonchev–Trinajstić information content (AvgIpc) is 3.37. The molecule has 2 aliphatic rings. The summed E-state index contributed by atoms with van der Waals surface area (Å²) >= 11 is 0. The van der Waals surface area contributed by atoms with Crippen LogP contribution in [0.1, 0.15) is 63.7 Å². The first-order chi connectivity index (χ1) is 18.8. The van der Waals surface area contributed by atoms with Crippen LogP contribution in [0.3, 0.4) is 0 Å². The van der Waals surface area contributed by atoms with Crippen LogP contribution in [-0.4, -0.2) is 87.2 Å². The van der Waals surface area contributed by atoms with Crippen LogP contribution in [0, 0.1) is 5.92 Å². The van der Waals surface area contributed by atoms with Gasteiger partial charge in [-0.1, -0.05) is 19.9 Å². The Morgan fingerprint density at radius 2 is 1.95 bits per heavy atom. The maximum absolute atomic E-state index is 10.6. The van der Waals surface area contributed by atoms with Crippen molar-refractivity contribution in [2.45, 2.75) is 59.4 Å². The fraction of sp³-hybridized carbons (Fsp3) is 0.586. The second kappa shape index (κ2) is 22.7. The normalized spacial score (nSPS) is 15.7. The molecule has 1 amide bonds. The highest BCUT2D eigenvalue weighted by Crippen LogP contribution is 2.18. The van der Waals surface area contributed by atoms with E-state index in [4.69, 9.17) is 14.4 Å². The van der Waals surface area contributed by atoms with Gasteiger partial charge in [-0.25, -0.2) is 4.98 Å². The minimum absolute atomic E-state index is 0.275. The van der Waals surface area contributed by atoms with Crippen molar-refractivity contribution in [3.05, 3.63) is 41.8 Å². The molecule has 0 saturated carbocycles. The van der Waals surface area contributed by atoms with Gasteiger partial charge in [0.2, 0.25) is 12.3 Å². The summed E-state index contributed by atoms with van der Waals surface area (Å²) in [5, 5.41) is 2.87. The van der Waals surface area contributed by atoms with Crippen molar-refractivity contribution in [2.24, 2.45) is 5.92 Å². The van der Waals surface area contributed by atoms with Crippen molar-refractivity contribution < 1.29 is 24.0 Å². The van der Waals surface area contributed by atoms with Gasteiger partial charge in [-0.2, -0.15) is 5.48 Å². The van der Waals surface area contributed by atoms with Crippen LogP contribution in [-0.2, 0) is 14.3 Å². The Balaban J connectivity index is 0.000000540. The van der Waals surface area contributed by atoms with Gasteiger partial charge in [-0.05, 0) is 77.3 Å². The number of amides is 1. The van der Waals surface area contributed by atoms with E-state index in [2.05, 4.69) is 59.8 Å². The van der Waals surface area contributed by atoms with Crippen molar-refractivity contribution in [2.75, 3.05) is 52.7 Å². The minimum Gasteiger partial charge on any atom is -0.492 e. The number of aromatic nitrogens is 1. The van der Waals surface area contributed by atoms with E-state index in [1.54, 1.807) is 31.3 Å². The van der Waals surface area contributed by atoms with E-state index in [1.807, 2.05) is 6.92 Å². The van der Waals surface area contributed by atoms with Gasteiger partial charge in [-0.15, -0.1) is 0 Å². The molecule has 1 atom stereocenters. The van der Waals surface area contributed by atoms with Gasteiger partial charge < -0.3 is 29.5 Å². The van der Waals surface area contributed by atoms with Crippen molar-refractivity contribution in [1.82, 2.24) is 20.3 Å². The largest absolute Gasteiger partial charge is 0.492 e. The smallest absolute Gasteiger partial charge is 0.248 e. The maximum atomic E-state index is 10.6. The molecule has 10 nitrogen and oxygen atoms in total. The number of carbonyl (C=O) groups is 3. The fourth-order valence-electron chi connectivity index (χ4n) is 3.67. The van der Waals surface area contributed by atoms with E-state index in [9.17, 15) is 9.59 Å². The first-order valence-corrected chi connectivity index (χ1v) is 13.5. The van der Waals surface area contributed by atoms with Gasteiger partial charge in [0.1, 0.15) is 18.7 Å². The predicted molar refractivity (Wildman–Crippen MR) is 157 cm³/mol. The average molecular weight is 548 g/mol. The second-order valence-electron chi connectivity index (χ2n) is 9.29. The van der Waals surface area contributed by atoms with Crippen LogP contribution < -0.4 is 15.6 Å². The lowest BCUT2D eigenvalue weighted by Crippen LogP contribution is -2.29. The summed E-state index contributed by atoms with van der Waals surface area (Å²) in [6.07, 6.45) is 15.3. The van der Waals surface area contributed by atoms with Gasteiger partial charge >= 0.3 is 0 Å². The Bertz CT molecular complexity index is 876. The molecule has 1 aliphatic carbocycles. The molecule has 0 aromatic carbocycles. The number of anilines is 1. The Labute approximate surface area is 234 Å². The number of ether oxygens (including phenoxy) is 1. The summed E-state index contributed by atoms with van der Waals surface area (Å²) in [4.78, 5) is 42.6. The zero-order chi connectivity index (χ0) is 29.5. The summed E-state index contributed by atoms with van der Waals surface area (Å²) in [5.74, 6) is 1.92. The zero-order valence-corrected chi connectivity index (χ0v) is 24.8. The van der Waals surface area contributed by atoms with Gasteiger partial charge in [-0.3, -0.25) is 9.59 Å². The lowest BCUT2D eigenvalue weighted by Gasteiger charge is -2.20. The van der Waals surface area contributed by atoms with E-state index < -0.39 is 0 Å². The van der Waals surface area contributed by atoms with E-state index in [-0.39, 0.29) is 5.88 Å². The number of allylic oxidation sites excluding steroid dienone is 3. The third-order valence-electron chi connectivity index (χ3n) is 5.72. The lowest BCUT2D eigenvalue weighted by molar-refractivity contribution is -0.118. The highest BCUT2D eigenvalue weighted by Gasteiger charge is 2.21. The quantitative estimate of drug-likeness (QED) is 0.312. The summed E-state index contributed by atoms with van der Waals surface area (Å²) < 4.78 is 5.77. The predicted octanol–water partition coefficient (Wildman–Crippen LogP) is 4.11. The summed E-state index contributed by atoms with van der Waals surface area (Å²) in [7, 11) is 5.54. The van der Waals surface area contributed by atoms with Crippen molar-refractivity contribution in [3.8, 4) is 5.88 Å². The SMILES string of the molecule is CC=O.CCN(C=O)CC(C)C.CN1CCCC1COC1=CCCC=C1.CNOc1ncc(NC)cc1C=O. The number of rotatable bonds is 11. The fourth-order valence-corrected chi connectivity index (χ4v) is 3.67. The molecule has 1 fully saturated rings. The molecule has 2 N–H and O–H groups in total. The van der Waals surface area contributed by atoms with Crippen molar-refractivity contribution in [3.63, 3.8) is 0 Å². The molecule has 1 saturated heterocycles. The van der Waals surface area contributed by atoms with Crippen LogP contribution in [0.5, 0.6) is 5.88 Å². The third-order valence-corrected chi connectivity index (χ3v) is 5.72. The van der Waals surface area contributed by atoms with Gasteiger partial charge in [0.05, 0.1) is 17.4 Å². The Kier molecular flexibility index (Phi) is 20.8. The minimum atomic E-state index is 0.275. The number of nitrogens with zero attached hydrogens (tertiary/aromatic N) is 3.